The summed E-state index contributed by atoms with van der Waals surface area (Å²) < 4.78 is 0. The van der Waals surface area contributed by atoms with Crippen LogP contribution in [0.15, 0.2) is 24.3 Å². The second-order valence-electron chi connectivity index (χ2n) is 5.81. The number of amides is 1. The monoisotopic (exact) mass is 290 g/mol. The molecule has 1 aromatic carbocycles. The Balaban J connectivity index is 1.70. The van der Waals surface area contributed by atoms with E-state index in [2.05, 4.69) is 17.1 Å². The highest BCUT2D eigenvalue weighted by Crippen LogP contribution is 2.17. The van der Waals surface area contributed by atoms with E-state index in [9.17, 15) is 9.90 Å². The molecule has 0 radical (unpaired) electrons. The summed E-state index contributed by atoms with van der Waals surface area (Å²) >= 11 is 0. The van der Waals surface area contributed by atoms with Crippen molar-refractivity contribution in [1.82, 2.24) is 10.2 Å². The van der Waals surface area contributed by atoms with Crippen LogP contribution in [0.25, 0.3) is 0 Å². The molecule has 0 spiro atoms. The SMILES string of the molecule is CCCN1CCC(NC(=O)CCc2ccccc2O)CC1. The summed E-state index contributed by atoms with van der Waals surface area (Å²) in [4.78, 5) is 14.5. The Morgan fingerprint density at radius 3 is 2.71 bits per heavy atom. The van der Waals surface area contributed by atoms with Crippen molar-refractivity contribution >= 4 is 5.91 Å². The number of hydrogen-bond acceptors (Lipinski definition) is 3. The highest BCUT2D eigenvalue weighted by atomic mass is 16.3. The van der Waals surface area contributed by atoms with Crippen molar-refractivity contribution in [3.63, 3.8) is 0 Å². The molecular formula is C17H26N2O2. The van der Waals surface area contributed by atoms with Crippen molar-refractivity contribution in [2.24, 2.45) is 0 Å². The molecule has 116 valence electrons. The Kier molecular flexibility index (Phi) is 6.05. The maximum absolute atomic E-state index is 12.0. The number of nitrogens with one attached hydrogen (secondary N) is 1. The molecule has 0 atom stereocenters. The van der Waals surface area contributed by atoms with E-state index in [4.69, 9.17) is 0 Å². The largest absolute Gasteiger partial charge is 0.508 e. The first-order valence-corrected chi connectivity index (χ1v) is 7.97. The minimum absolute atomic E-state index is 0.0900. The summed E-state index contributed by atoms with van der Waals surface area (Å²) in [6.07, 6.45) is 4.31. The molecule has 0 aliphatic carbocycles. The molecule has 21 heavy (non-hydrogen) atoms. The molecule has 1 fully saturated rings. The van der Waals surface area contributed by atoms with E-state index in [-0.39, 0.29) is 11.7 Å². The first-order valence-electron chi connectivity index (χ1n) is 7.97. The van der Waals surface area contributed by atoms with Gasteiger partial charge in [0.15, 0.2) is 0 Å². The van der Waals surface area contributed by atoms with Gasteiger partial charge in [0.1, 0.15) is 5.75 Å². The maximum atomic E-state index is 12.0. The quantitative estimate of drug-likeness (QED) is 0.845. The first-order chi connectivity index (χ1) is 10.2. The Morgan fingerprint density at radius 2 is 2.05 bits per heavy atom. The van der Waals surface area contributed by atoms with E-state index >= 15 is 0 Å². The van der Waals surface area contributed by atoms with Gasteiger partial charge in [-0.3, -0.25) is 4.79 Å². The zero-order chi connectivity index (χ0) is 15.1. The van der Waals surface area contributed by atoms with Gasteiger partial charge in [-0.05, 0) is 43.9 Å². The van der Waals surface area contributed by atoms with Crippen molar-refractivity contribution in [2.45, 2.75) is 45.1 Å². The Morgan fingerprint density at radius 1 is 1.33 bits per heavy atom. The van der Waals surface area contributed by atoms with E-state index in [0.717, 1.165) is 38.0 Å². The molecule has 4 heteroatoms. The molecule has 2 rings (SSSR count). The Bertz CT molecular complexity index is 454. The van der Waals surface area contributed by atoms with Crippen LogP contribution in [0, 0.1) is 0 Å². The predicted octanol–water partition coefficient (Wildman–Crippen LogP) is 2.32. The van der Waals surface area contributed by atoms with Crippen molar-refractivity contribution in [3.05, 3.63) is 29.8 Å². The number of hydrogen-bond donors (Lipinski definition) is 2. The molecule has 0 saturated carbocycles. The molecular weight excluding hydrogens is 264 g/mol. The van der Waals surface area contributed by atoms with Gasteiger partial charge in [0.25, 0.3) is 0 Å². The topological polar surface area (TPSA) is 52.6 Å². The van der Waals surface area contributed by atoms with Gasteiger partial charge in [-0.2, -0.15) is 0 Å². The highest BCUT2D eigenvalue weighted by Gasteiger charge is 2.19. The number of likely N-dealkylation sites (tertiary alicyclic amines) is 1. The number of nitrogens with zero attached hydrogens (tertiary/aromatic N) is 1. The zero-order valence-electron chi connectivity index (χ0n) is 12.8. The summed E-state index contributed by atoms with van der Waals surface area (Å²) in [5.41, 5.74) is 0.838. The van der Waals surface area contributed by atoms with Gasteiger partial charge in [0, 0.05) is 25.6 Å². The summed E-state index contributed by atoms with van der Waals surface area (Å²) in [6.45, 7) is 5.53. The molecule has 1 aliphatic rings. The summed E-state index contributed by atoms with van der Waals surface area (Å²) in [6, 6.07) is 7.53. The minimum Gasteiger partial charge on any atom is -0.508 e. The number of benzene rings is 1. The molecule has 0 aromatic heterocycles. The lowest BCUT2D eigenvalue weighted by Gasteiger charge is -2.32. The molecule has 1 aliphatic heterocycles. The molecule has 1 saturated heterocycles. The lowest BCUT2D eigenvalue weighted by molar-refractivity contribution is -0.122. The van der Waals surface area contributed by atoms with Crippen LogP contribution in [0.5, 0.6) is 5.75 Å². The average Bonchev–Trinajstić information content (AvgIpc) is 2.49. The van der Waals surface area contributed by atoms with Crippen LogP contribution in [-0.4, -0.2) is 41.6 Å². The van der Waals surface area contributed by atoms with Crippen LogP contribution in [-0.2, 0) is 11.2 Å². The van der Waals surface area contributed by atoms with Crippen LogP contribution in [0.3, 0.4) is 0 Å². The fraction of sp³-hybridized carbons (Fsp3) is 0.588. The normalized spacial score (nSPS) is 16.8. The lowest BCUT2D eigenvalue weighted by Crippen LogP contribution is -2.44. The van der Waals surface area contributed by atoms with Crippen molar-refractivity contribution in [2.75, 3.05) is 19.6 Å². The second-order valence-corrected chi connectivity index (χ2v) is 5.81. The van der Waals surface area contributed by atoms with Crippen molar-refractivity contribution in [3.8, 4) is 5.75 Å². The van der Waals surface area contributed by atoms with Gasteiger partial charge in [-0.1, -0.05) is 25.1 Å². The number of rotatable bonds is 6. The number of phenolic OH excluding ortho intramolecular Hbond substituents is 1. The number of carbonyl (C=O) groups excluding carboxylic acids is 1. The van der Waals surface area contributed by atoms with Crippen molar-refractivity contribution < 1.29 is 9.90 Å². The number of aromatic hydroxyl groups is 1. The van der Waals surface area contributed by atoms with Crippen LogP contribution < -0.4 is 5.32 Å². The van der Waals surface area contributed by atoms with Gasteiger partial charge >= 0.3 is 0 Å². The van der Waals surface area contributed by atoms with Crippen LogP contribution in [0.1, 0.15) is 38.2 Å². The minimum atomic E-state index is 0.0900. The summed E-state index contributed by atoms with van der Waals surface area (Å²) in [7, 11) is 0. The Labute approximate surface area is 127 Å². The fourth-order valence-electron chi connectivity index (χ4n) is 2.89. The van der Waals surface area contributed by atoms with E-state index < -0.39 is 0 Å². The fourth-order valence-corrected chi connectivity index (χ4v) is 2.89. The number of phenols is 1. The van der Waals surface area contributed by atoms with Gasteiger partial charge < -0.3 is 15.3 Å². The van der Waals surface area contributed by atoms with Gasteiger partial charge in [-0.25, -0.2) is 0 Å². The third-order valence-electron chi connectivity index (χ3n) is 4.11. The molecule has 2 N–H and O–H groups in total. The molecule has 0 unspecified atom stereocenters. The number of piperidine rings is 1. The molecule has 0 bridgehead atoms. The average molecular weight is 290 g/mol. The molecule has 1 amide bonds. The van der Waals surface area contributed by atoms with E-state index in [0.29, 0.717) is 18.9 Å². The Hall–Kier alpha value is -1.55. The number of para-hydroxylation sites is 1. The van der Waals surface area contributed by atoms with Crippen LogP contribution >= 0.6 is 0 Å². The summed E-state index contributed by atoms with van der Waals surface area (Å²) in [5, 5.41) is 12.8. The van der Waals surface area contributed by atoms with Gasteiger partial charge in [-0.15, -0.1) is 0 Å². The van der Waals surface area contributed by atoms with Crippen LogP contribution in [0.2, 0.25) is 0 Å². The highest BCUT2D eigenvalue weighted by molar-refractivity contribution is 5.76. The molecule has 4 nitrogen and oxygen atoms in total. The van der Waals surface area contributed by atoms with E-state index in [1.54, 1.807) is 12.1 Å². The van der Waals surface area contributed by atoms with Crippen molar-refractivity contribution in [1.29, 1.82) is 0 Å². The smallest absolute Gasteiger partial charge is 0.220 e. The third kappa shape index (κ3) is 5.05. The predicted molar refractivity (Wildman–Crippen MR) is 84.3 cm³/mol. The van der Waals surface area contributed by atoms with E-state index in [1.807, 2.05) is 12.1 Å². The second kappa shape index (κ2) is 8.03. The summed E-state index contributed by atoms with van der Waals surface area (Å²) in [5.74, 6) is 0.366. The van der Waals surface area contributed by atoms with Gasteiger partial charge in [0.2, 0.25) is 5.91 Å². The lowest BCUT2D eigenvalue weighted by atomic mass is 10.0. The number of aryl methyl sites for hydroxylation is 1. The maximum Gasteiger partial charge on any atom is 0.220 e. The van der Waals surface area contributed by atoms with E-state index in [1.165, 1.54) is 6.42 Å². The molecule has 1 heterocycles. The van der Waals surface area contributed by atoms with Gasteiger partial charge in [0.05, 0.1) is 0 Å². The number of carbonyl (C=O) groups is 1. The first kappa shape index (κ1) is 15.8. The zero-order valence-corrected chi connectivity index (χ0v) is 12.8. The standard InChI is InChI=1S/C17H26N2O2/c1-2-11-19-12-9-15(10-13-19)18-17(21)8-7-14-5-3-4-6-16(14)20/h3-6,15,20H,2,7-13H2,1H3,(H,18,21). The third-order valence-corrected chi connectivity index (χ3v) is 4.11. The van der Waals surface area contributed by atoms with Crippen LogP contribution in [0.4, 0.5) is 0 Å². The molecule has 1 aromatic rings.